The summed E-state index contributed by atoms with van der Waals surface area (Å²) in [4.78, 5) is 54.9. The summed E-state index contributed by atoms with van der Waals surface area (Å²) in [6.07, 6.45) is 3.73. The van der Waals surface area contributed by atoms with Crippen molar-refractivity contribution in [3.8, 4) is 0 Å². The minimum atomic E-state index is -3.78. The van der Waals surface area contributed by atoms with Crippen LogP contribution in [0, 0.1) is 5.92 Å². The number of sulfonamides is 1. The van der Waals surface area contributed by atoms with Gasteiger partial charge in [-0.05, 0) is 74.4 Å². The van der Waals surface area contributed by atoms with Crippen LogP contribution in [0.3, 0.4) is 0 Å². The minimum absolute atomic E-state index is 0.0149. The number of carbonyl (C=O) groups excluding carboxylic acids is 4. The van der Waals surface area contributed by atoms with E-state index in [9.17, 15) is 27.6 Å². The second kappa shape index (κ2) is 18.6. The Morgan fingerprint density at radius 2 is 1.71 bits per heavy atom. The number of hydrogen-bond acceptors (Lipinski definition) is 9. The Morgan fingerprint density at radius 1 is 1.02 bits per heavy atom. The number of nitrogens with zero attached hydrogens (tertiary/aromatic N) is 1. The van der Waals surface area contributed by atoms with E-state index in [1.807, 2.05) is 30.3 Å². The fourth-order valence-corrected chi connectivity index (χ4v) is 7.04. The molecule has 2 aromatic carbocycles. The highest BCUT2D eigenvalue weighted by atomic mass is 35.5. The number of nitrogens with one attached hydrogen (secondary N) is 4. The smallest absolute Gasteiger partial charge is 0.289 e. The molecule has 2 aromatic rings. The van der Waals surface area contributed by atoms with E-state index in [1.165, 1.54) is 4.90 Å². The van der Waals surface area contributed by atoms with Gasteiger partial charge in [-0.3, -0.25) is 19.2 Å². The Hall–Kier alpha value is -3.40. The lowest BCUT2D eigenvalue weighted by Crippen LogP contribution is -2.57. The van der Waals surface area contributed by atoms with Crippen LogP contribution in [0.2, 0.25) is 5.02 Å². The van der Waals surface area contributed by atoms with Crippen LogP contribution in [0.4, 0.5) is 0 Å². The molecule has 2 fully saturated rings. The van der Waals surface area contributed by atoms with Crippen molar-refractivity contribution >= 4 is 45.1 Å². The maximum absolute atomic E-state index is 14.1. The van der Waals surface area contributed by atoms with Crippen molar-refractivity contribution < 1.29 is 32.3 Å². The summed E-state index contributed by atoms with van der Waals surface area (Å²) in [5.41, 5.74) is 7.66. The first-order valence-electron chi connectivity index (χ1n) is 16.6. The summed E-state index contributed by atoms with van der Waals surface area (Å²) < 4.78 is 33.3. The number of likely N-dealkylation sites (tertiary alicyclic amines) is 1. The number of ketones is 1. The Morgan fingerprint density at radius 3 is 2.37 bits per heavy atom. The average molecular weight is 719 g/mol. The Labute approximate surface area is 293 Å². The number of hydrogen-bond donors (Lipinski definition) is 5. The quantitative estimate of drug-likeness (QED) is 0.148. The molecule has 49 heavy (non-hydrogen) atoms. The molecule has 2 aliphatic heterocycles. The topological polar surface area (TPSA) is 189 Å². The molecule has 4 rings (SSSR count). The van der Waals surface area contributed by atoms with Crippen LogP contribution >= 0.6 is 11.6 Å². The molecular formula is C34H47ClN6O7S. The molecule has 268 valence electrons. The van der Waals surface area contributed by atoms with E-state index in [-0.39, 0.29) is 39.1 Å². The molecule has 2 saturated heterocycles. The molecular weight excluding hydrogens is 672 g/mol. The largest absolute Gasteiger partial charge is 0.372 e. The fraction of sp³-hybridized carbons (Fsp3) is 0.529. The van der Waals surface area contributed by atoms with Gasteiger partial charge in [0.25, 0.3) is 5.91 Å². The van der Waals surface area contributed by atoms with Crippen LogP contribution in [0.25, 0.3) is 0 Å². The zero-order valence-electron chi connectivity index (χ0n) is 27.7. The van der Waals surface area contributed by atoms with Gasteiger partial charge >= 0.3 is 0 Å². The highest BCUT2D eigenvalue weighted by Crippen LogP contribution is 2.26. The van der Waals surface area contributed by atoms with Crippen molar-refractivity contribution in [2.45, 2.75) is 69.4 Å². The van der Waals surface area contributed by atoms with Gasteiger partial charge in [-0.2, -0.15) is 0 Å². The summed E-state index contributed by atoms with van der Waals surface area (Å²) >= 11 is 6.00. The van der Waals surface area contributed by atoms with Crippen molar-refractivity contribution in [2.75, 3.05) is 39.0 Å². The number of piperidine rings is 1. The summed E-state index contributed by atoms with van der Waals surface area (Å²) in [7, 11) is -3.78. The maximum Gasteiger partial charge on any atom is 0.289 e. The van der Waals surface area contributed by atoms with Crippen LogP contribution in [-0.2, 0) is 47.0 Å². The molecule has 0 bridgehead atoms. The van der Waals surface area contributed by atoms with Crippen LogP contribution < -0.4 is 26.4 Å². The van der Waals surface area contributed by atoms with Gasteiger partial charge in [-0.25, -0.2) is 13.1 Å². The number of benzene rings is 2. The number of Topliss-reactive ketones (excluding diaryl/α,β-unsaturated/α-hetero) is 1. The third kappa shape index (κ3) is 12.2. The molecule has 0 aliphatic carbocycles. The van der Waals surface area contributed by atoms with E-state index in [2.05, 4.69) is 20.7 Å². The van der Waals surface area contributed by atoms with Crippen LogP contribution in [-0.4, -0.2) is 100 Å². The fourth-order valence-electron chi connectivity index (χ4n) is 6.18. The number of amides is 3. The Bertz CT molecular complexity index is 1520. The molecule has 13 nitrogen and oxygen atoms in total. The lowest BCUT2D eigenvalue weighted by Gasteiger charge is -2.30. The van der Waals surface area contributed by atoms with Crippen molar-refractivity contribution in [3.05, 3.63) is 70.7 Å². The molecule has 0 aromatic heterocycles. The maximum atomic E-state index is 14.1. The number of rotatable bonds is 17. The molecule has 0 radical (unpaired) electrons. The van der Waals surface area contributed by atoms with Gasteiger partial charge in [-0.15, -0.1) is 0 Å². The SMILES string of the molecule is CS(=O)(=O)N[C@H](CCC1CCNCC1)C(=O)N1C[C@H](OCc2ccc(Cl)cc2)C[C@H]1C(=O)N[C@@H](CN)C(=O)C(=O)NCCc1ccccc1. The van der Waals surface area contributed by atoms with Gasteiger partial charge in [0.15, 0.2) is 0 Å². The summed E-state index contributed by atoms with van der Waals surface area (Å²) in [5.74, 6) is -2.71. The molecule has 2 heterocycles. The molecule has 15 heteroatoms. The van der Waals surface area contributed by atoms with Crippen molar-refractivity contribution in [2.24, 2.45) is 11.7 Å². The van der Waals surface area contributed by atoms with E-state index >= 15 is 0 Å². The van der Waals surface area contributed by atoms with Crippen molar-refractivity contribution in [1.29, 1.82) is 0 Å². The molecule has 4 atom stereocenters. The standard InChI is InChI=1S/C34H47ClN6O7S/c1-49(46,47)40-28(12-9-24-13-16-37-17-14-24)34(45)41-21-27(48-22-25-7-10-26(35)11-8-25)19-30(41)32(43)39-29(20-36)31(42)33(44)38-18-15-23-5-3-2-4-6-23/h2-8,10-11,24,27-30,37,40H,9,12-22,36H2,1H3,(H,38,44)(H,39,43)/t27-,28-,29+,30+/m1/s1. The van der Waals surface area contributed by atoms with E-state index in [0.717, 1.165) is 43.3 Å². The van der Waals surface area contributed by atoms with Crippen LogP contribution in [0.1, 0.15) is 43.2 Å². The summed E-state index contributed by atoms with van der Waals surface area (Å²) in [5, 5.41) is 9.02. The van der Waals surface area contributed by atoms with Crippen molar-refractivity contribution in [1.82, 2.24) is 25.6 Å². The first kappa shape index (κ1) is 38.4. The number of nitrogens with two attached hydrogens (primary N) is 1. The monoisotopic (exact) mass is 718 g/mol. The Balaban J connectivity index is 1.46. The van der Waals surface area contributed by atoms with Crippen LogP contribution in [0.5, 0.6) is 0 Å². The first-order valence-corrected chi connectivity index (χ1v) is 18.9. The van der Waals surface area contributed by atoms with Gasteiger partial charge < -0.3 is 31.3 Å². The van der Waals surface area contributed by atoms with E-state index in [1.54, 1.807) is 24.3 Å². The second-order valence-electron chi connectivity index (χ2n) is 12.7. The molecule has 6 N–H and O–H groups in total. The predicted octanol–water partition coefficient (Wildman–Crippen LogP) is 0.895. The highest BCUT2D eigenvalue weighted by Gasteiger charge is 2.43. The van der Waals surface area contributed by atoms with E-state index < -0.39 is 57.8 Å². The average Bonchev–Trinajstić information content (AvgIpc) is 3.53. The Kier molecular flexibility index (Phi) is 14.5. The number of halogens is 1. The van der Waals surface area contributed by atoms with Gasteiger partial charge in [0, 0.05) is 31.1 Å². The summed E-state index contributed by atoms with van der Waals surface area (Å²) in [6, 6.07) is 13.0. The zero-order chi connectivity index (χ0) is 35.4. The lowest BCUT2D eigenvalue weighted by atomic mass is 9.91. The minimum Gasteiger partial charge on any atom is -0.372 e. The molecule has 0 saturated carbocycles. The van der Waals surface area contributed by atoms with E-state index in [4.69, 9.17) is 22.1 Å². The van der Waals surface area contributed by atoms with E-state index in [0.29, 0.717) is 23.8 Å². The molecule has 0 spiro atoms. The second-order valence-corrected chi connectivity index (χ2v) is 14.9. The predicted molar refractivity (Wildman–Crippen MR) is 186 cm³/mol. The first-order chi connectivity index (χ1) is 23.4. The highest BCUT2D eigenvalue weighted by molar-refractivity contribution is 7.88. The van der Waals surface area contributed by atoms with Gasteiger partial charge in [-0.1, -0.05) is 54.1 Å². The van der Waals surface area contributed by atoms with Gasteiger partial charge in [0.2, 0.25) is 27.6 Å². The van der Waals surface area contributed by atoms with Gasteiger partial charge in [0.1, 0.15) is 18.1 Å². The molecule has 3 amide bonds. The van der Waals surface area contributed by atoms with Crippen molar-refractivity contribution in [3.63, 3.8) is 0 Å². The zero-order valence-corrected chi connectivity index (χ0v) is 29.3. The number of carbonyl (C=O) groups is 4. The molecule has 2 aliphatic rings. The van der Waals surface area contributed by atoms with Crippen LogP contribution in [0.15, 0.2) is 54.6 Å². The molecule has 0 unspecified atom stereocenters. The summed E-state index contributed by atoms with van der Waals surface area (Å²) in [6.45, 7) is 1.78. The normalized spacial score (nSPS) is 19.6. The third-order valence-corrected chi connectivity index (χ3v) is 9.82. The van der Waals surface area contributed by atoms with Gasteiger partial charge in [0.05, 0.1) is 19.0 Å². The third-order valence-electron chi connectivity index (χ3n) is 8.86. The lowest BCUT2D eigenvalue weighted by molar-refractivity contribution is -0.142. The number of ether oxygens (including phenoxy) is 1.